The predicted molar refractivity (Wildman–Crippen MR) is 106 cm³/mol. The number of piperazine rings is 1. The molecule has 1 aromatic rings. The molecule has 1 atom stereocenters. The number of benzene rings is 1. The third kappa shape index (κ3) is 4.04. The quantitative estimate of drug-likeness (QED) is 0.826. The number of aryl methyl sites for hydroxylation is 1. The van der Waals surface area contributed by atoms with Crippen LogP contribution in [0.15, 0.2) is 24.3 Å². The first kappa shape index (κ1) is 17.8. The SMILES string of the molecule is Cc1cccc(N2CCN(CC(=O)N3CCCN4CCC[C@H]4C3)CC2)c1. The Kier molecular flexibility index (Phi) is 5.46. The molecule has 5 nitrogen and oxygen atoms in total. The van der Waals surface area contributed by atoms with Crippen molar-refractivity contribution >= 4 is 11.6 Å². The monoisotopic (exact) mass is 356 g/mol. The van der Waals surface area contributed by atoms with Gasteiger partial charge in [0.1, 0.15) is 0 Å². The van der Waals surface area contributed by atoms with Gasteiger partial charge in [-0.1, -0.05) is 12.1 Å². The number of fused-ring (bicyclic) bond motifs is 1. The van der Waals surface area contributed by atoms with Crippen LogP contribution in [0.1, 0.15) is 24.8 Å². The minimum atomic E-state index is 0.336. The summed E-state index contributed by atoms with van der Waals surface area (Å²) >= 11 is 0. The fraction of sp³-hybridized carbons (Fsp3) is 0.667. The summed E-state index contributed by atoms with van der Waals surface area (Å²) in [5.41, 5.74) is 2.62. The maximum absolute atomic E-state index is 12.9. The molecule has 0 radical (unpaired) electrons. The molecular formula is C21H32N4O. The second-order valence-electron chi connectivity index (χ2n) is 8.13. The van der Waals surface area contributed by atoms with Crippen LogP contribution in [0.2, 0.25) is 0 Å². The lowest BCUT2D eigenvalue weighted by molar-refractivity contribution is -0.132. The second kappa shape index (κ2) is 7.97. The van der Waals surface area contributed by atoms with Gasteiger partial charge in [0, 0.05) is 57.5 Å². The zero-order valence-electron chi connectivity index (χ0n) is 16.1. The van der Waals surface area contributed by atoms with E-state index in [4.69, 9.17) is 0 Å². The highest BCUT2D eigenvalue weighted by molar-refractivity contribution is 5.78. The molecule has 3 saturated heterocycles. The van der Waals surface area contributed by atoms with E-state index < -0.39 is 0 Å². The van der Waals surface area contributed by atoms with Crippen LogP contribution < -0.4 is 4.90 Å². The Balaban J connectivity index is 1.28. The van der Waals surface area contributed by atoms with Crippen molar-refractivity contribution in [2.75, 3.05) is 63.8 Å². The predicted octanol–water partition coefficient (Wildman–Crippen LogP) is 1.81. The number of carbonyl (C=O) groups excluding carboxylic acids is 1. The molecule has 0 N–H and O–H groups in total. The first-order chi connectivity index (χ1) is 12.7. The summed E-state index contributed by atoms with van der Waals surface area (Å²) < 4.78 is 0. The van der Waals surface area contributed by atoms with E-state index in [2.05, 4.69) is 50.8 Å². The van der Waals surface area contributed by atoms with Crippen molar-refractivity contribution < 1.29 is 4.79 Å². The lowest BCUT2D eigenvalue weighted by Gasteiger charge is -2.37. The summed E-state index contributed by atoms with van der Waals surface area (Å²) in [5, 5.41) is 0. The van der Waals surface area contributed by atoms with Crippen LogP contribution in [-0.4, -0.2) is 85.6 Å². The first-order valence-electron chi connectivity index (χ1n) is 10.2. The molecular weight excluding hydrogens is 324 g/mol. The number of hydrogen-bond acceptors (Lipinski definition) is 4. The van der Waals surface area contributed by atoms with Gasteiger partial charge in [-0.15, -0.1) is 0 Å². The van der Waals surface area contributed by atoms with E-state index in [-0.39, 0.29) is 0 Å². The molecule has 3 aliphatic rings. The van der Waals surface area contributed by atoms with Crippen molar-refractivity contribution in [3.8, 4) is 0 Å². The number of rotatable bonds is 3. The molecule has 0 bridgehead atoms. The van der Waals surface area contributed by atoms with Gasteiger partial charge in [-0.3, -0.25) is 14.6 Å². The molecule has 4 rings (SSSR count). The molecule has 3 aliphatic heterocycles. The van der Waals surface area contributed by atoms with Crippen LogP contribution in [-0.2, 0) is 4.79 Å². The molecule has 3 heterocycles. The van der Waals surface area contributed by atoms with Crippen LogP contribution in [0.3, 0.4) is 0 Å². The zero-order chi connectivity index (χ0) is 17.9. The number of amides is 1. The van der Waals surface area contributed by atoms with Crippen LogP contribution >= 0.6 is 0 Å². The van der Waals surface area contributed by atoms with Gasteiger partial charge >= 0.3 is 0 Å². The van der Waals surface area contributed by atoms with Gasteiger partial charge in [0.15, 0.2) is 0 Å². The highest BCUT2D eigenvalue weighted by atomic mass is 16.2. The van der Waals surface area contributed by atoms with E-state index in [0.717, 1.165) is 45.7 Å². The van der Waals surface area contributed by atoms with Gasteiger partial charge in [-0.05, 0) is 50.4 Å². The maximum atomic E-state index is 12.9. The Morgan fingerprint density at radius 1 is 1.04 bits per heavy atom. The van der Waals surface area contributed by atoms with Crippen molar-refractivity contribution in [2.24, 2.45) is 0 Å². The van der Waals surface area contributed by atoms with E-state index in [1.54, 1.807) is 0 Å². The highest BCUT2D eigenvalue weighted by Crippen LogP contribution is 2.22. The summed E-state index contributed by atoms with van der Waals surface area (Å²) in [7, 11) is 0. The number of carbonyl (C=O) groups is 1. The molecule has 0 unspecified atom stereocenters. The molecule has 0 aliphatic carbocycles. The summed E-state index contributed by atoms with van der Waals surface area (Å²) in [5.74, 6) is 0.336. The Hall–Kier alpha value is -1.59. The Labute approximate surface area is 157 Å². The molecule has 26 heavy (non-hydrogen) atoms. The molecule has 0 aromatic heterocycles. The molecule has 3 fully saturated rings. The minimum Gasteiger partial charge on any atom is -0.369 e. The van der Waals surface area contributed by atoms with Gasteiger partial charge in [-0.2, -0.15) is 0 Å². The second-order valence-corrected chi connectivity index (χ2v) is 8.13. The fourth-order valence-corrected chi connectivity index (χ4v) is 4.71. The lowest BCUT2D eigenvalue weighted by atomic mass is 10.2. The first-order valence-corrected chi connectivity index (χ1v) is 10.2. The topological polar surface area (TPSA) is 30.0 Å². The van der Waals surface area contributed by atoms with Gasteiger partial charge < -0.3 is 9.80 Å². The van der Waals surface area contributed by atoms with Crippen molar-refractivity contribution in [3.05, 3.63) is 29.8 Å². The smallest absolute Gasteiger partial charge is 0.236 e. The average molecular weight is 357 g/mol. The number of hydrogen-bond donors (Lipinski definition) is 0. The minimum absolute atomic E-state index is 0.336. The third-order valence-electron chi connectivity index (χ3n) is 6.25. The molecule has 5 heteroatoms. The molecule has 1 aromatic carbocycles. The lowest BCUT2D eigenvalue weighted by Crippen LogP contribution is -2.51. The van der Waals surface area contributed by atoms with Gasteiger partial charge in [0.25, 0.3) is 0 Å². The van der Waals surface area contributed by atoms with Crippen LogP contribution in [0.25, 0.3) is 0 Å². The van der Waals surface area contributed by atoms with E-state index in [9.17, 15) is 4.79 Å². The largest absolute Gasteiger partial charge is 0.369 e. The third-order valence-corrected chi connectivity index (χ3v) is 6.25. The van der Waals surface area contributed by atoms with E-state index in [0.29, 0.717) is 18.5 Å². The van der Waals surface area contributed by atoms with Crippen LogP contribution in [0.5, 0.6) is 0 Å². The summed E-state index contributed by atoms with van der Waals surface area (Å²) in [4.78, 5) is 22.4. The van der Waals surface area contributed by atoms with Crippen LogP contribution in [0.4, 0.5) is 5.69 Å². The molecule has 0 spiro atoms. The Bertz CT molecular complexity index is 626. The van der Waals surface area contributed by atoms with Crippen LogP contribution in [0, 0.1) is 6.92 Å². The van der Waals surface area contributed by atoms with E-state index >= 15 is 0 Å². The maximum Gasteiger partial charge on any atom is 0.236 e. The summed E-state index contributed by atoms with van der Waals surface area (Å²) in [6.45, 7) is 11.0. The van der Waals surface area contributed by atoms with E-state index in [1.165, 1.54) is 37.2 Å². The van der Waals surface area contributed by atoms with Gasteiger partial charge in [-0.25, -0.2) is 0 Å². The van der Waals surface area contributed by atoms with Crippen molar-refractivity contribution in [2.45, 2.75) is 32.2 Å². The van der Waals surface area contributed by atoms with Crippen molar-refractivity contribution in [3.63, 3.8) is 0 Å². The molecule has 1 amide bonds. The molecule has 0 saturated carbocycles. The normalized spacial score (nSPS) is 25.2. The Morgan fingerprint density at radius 2 is 1.85 bits per heavy atom. The van der Waals surface area contributed by atoms with E-state index in [1.807, 2.05) is 0 Å². The highest BCUT2D eigenvalue weighted by Gasteiger charge is 2.31. The summed E-state index contributed by atoms with van der Waals surface area (Å²) in [6.07, 6.45) is 3.69. The van der Waals surface area contributed by atoms with Crippen molar-refractivity contribution in [1.82, 2.24) is 14.7 Å². The average Bonchev–Trinajstić information content (AvgIpc) is 2.99. The van der Waals surface area contributed by atoms with Crippen molar-refractivity contribution in [1.29, 1.82) is 0 Å². The van der Waals surface area contributed by atoms with Gasteiger partial charge in [0.05, 0.1) is 6.54 Å². The van der Waals surface area contributed by atoms with Gasteiger partial charge in [0.2, 0.25) is 5.91 Å². The Morgan fingerprint density at radius 3 is 2.65 bits per heavy atom. The zero-order valence-corrected chi connectivity index (χ0v) is 16.1. The molecule has 142 valence electrons. The number of anilines is 1. The fourth-order valence-electron chi connectivity index (χ4n) is 4.71. The standard InChI is InChI=1S/C21H32N4O/c1-18-5-2-6-19(15-18)24-13-11-22(12-14-24)17-21(26)25-10-4-9-23-8-3-7-20(23)16-25/h2,5-6,15,20H,3-4,7-14,16-17H2,1H3/t20-/m0/s1. The number of nitrogens with zero attached hydrogens (tertiary/aromatic N) is 4. The summed E-state index contributed by atoms with van der Waals surface area (Å²) in [6, 6.07) is 9.33.